The van der Waals surface area contributed by atoms with Gasteiger partial charge in [0, 0.05) is 12.1 Å². The van der Waals surface area contributed by atoms with Crippen LogP contribution in [0.2, 0.25) is 0 Å². The van der Waals surface area contributed by atoms with E-state index < -0.39 is 0 Å². The Morgan fingerprint density at radius 3 is 2.92 bits per heavy atom. The Morgan fingerprint density at radius 2 is 2.31 bits per heavy atom. The number of benzene rings is 1. The molecule has 0 heterocycles. The Labute approximate surface area is 77.4 Å². The van der Waals surface area contributed by atoms with Crippen molar-refractivity contribution in [2.45, 2.75) is 0 Å². The third kappa shape index (κ3) is 2.23. The molecule has 1 aromatic carbocycles. The average Bonchev–Trinajstić information content (AvgIpc) is 2.15. The number of rotatable bonds is 3. The van der Waals surface area contributed by atoms with Gasteiger partial charge in [-0.3, -0.25) is 0 Å². The minimum absolute atomic E-state index is 0.140. The summed E-state index contributed by atoms with van der Waals surface area (Å²) in [5.41, 5.74) is 6.14. The quantitative estimate of drug-likeness (QED) is 0.736. The highest BCUT2D eigenvalue weighted by molar-refractivity contribution is 5.61. The summed E-state index contributed by atoms with van der Waals surface area (Å²) >= 11 is 0. The summed E-state index contributed by atoms with van der Waals surface area (Å²) in [5, 5.41) is 9.40. The molecule has 1 rings (SSSR count). The molecule has 0 bridgehead atoms. The maximum Gasteiger partial charge on any atom is 0.167 e. The molecule has 0 spiro atoms. The zero-order valence-corrected chi connectivity index (χ0v) is 7.53. The van der Waals surface area contributed by atoms with E-state index in [0.717, 1.165) is 5.56 Å². The lowest BCUT2D eigenvalue weighted by Gasteiger charge is -2.05. The van der Waals surface area contributed by atoms with Gasteiger partial charge in [0.25, 0.3) is 0 Å². The molecule has 3 heteroatoms. The molecular formula is C10H13NO2. The number of phenols is 1. The highest BCUT2D eigenvalue weighted by atomic mass is 16.5. The second-order valence-corrected chi connectivity index (χ2v) is 2.54. The van der Waals surface area contributed by atoms with Gasteiger partial charge in [0.2, 0.25) is 0 Å². The van der Waals surface area contributed by atoms with Gasteiger partial charge in [0.1, 0.15) is 0 Å². The second-order valence-electron chi connectivity index (χ2n) is 2.54. The zero-order chi connectivity index (χ0) is 9.68. The molecule has 0 aliphatic carbocycles. The number of aromatic hydroxyl groups is 1. The Morgan fingerprint density at radius 1 is 1.54 bits per heavy atom. The third-order valence-corrected chi connectivity index (χ3v) is 1.66. The average molecular weight is 179 g/mol. The summed E-state index contributed by atoms with van der Waals surface area (Å²) in [6.07, 6.45) is 3.62. The number of para-hydroxylation sites is 1. The fourth-order valence-corrected chi connectivity index (χ4v) is 1.09. The first kappa shape index (κ1) is 9.61. The molecule has 0 aliphatic rings. The largest absolute Gasteiger partial charge is 0.504 e. The van der Waals surface area contributed by atoms with Gasteiger partial charge in [-0.05, 0) is 6.07 Å². The predicted octanol–water partition coefficient (Wildman–Crippen LogP) is 1.37. The van der Waals surface area contributed by atoms with Gasteiger partial charge in [0.15, 0.2) is 11.5 Å². The highest BCUT2D eigenvalue weighted by Gasteiger charge is 2.03. The minimum Gasteiger partial charge on any atom is -0.504 e. The van der Waals surface area contributed by atoms with E-state index >= 15 is 0 Å². The van der Waals surface area contributed by atoms with Crippen molar-refractivity contribution in [1.82, 2.24) is 0 Å². The molecule has 1 aromatic rings. The van der Waals surface area contributed by atoms with Crippen LogP contribution in [0.4, 0.5) is 0 Å². The van der Waals surface area contributed by atoms with Crippen molar-refractivity contribution >= 4 is 6.08 Å². The molecule has 0 fully saturated rings. The number of hydrogen-bond acceptors (Lipinski definition) is 3. The monoisotopic (exact) mass is 179 g/mol. The van der Waals surface area contributed by atoms with Crippen molar-refractivity contribution in [3.8, 4) is 11.5 Å². The van der Waals surface area contributed by atoms with E-state index in [9.17, 15) is 5.11 Å². The van der Waals surface area contributed by atoms with Crippen molar-refractivity contribution < 1.29 is 9.84 Å². The van der Waals surface area contributed by atoms with Crippen LogP contribution in [0.25, 0.3) is 6.08 Å². The van der Waals surface area contributed by atoms with Crippen molar-refractivity contribution in [3.05, 3.63) is 29.8 Å². The van der Waals surface area contributed by atoms with Crippen LogP contribution in [-0.4, -0.2) is 18.8 Å². The van der Waals surface area contributed by atoms with Gasteiger partial charge >= 0.3 is 0 Å². The molecule has 0 saturated heterocycles. The van der Waals surface area contributed by atoms with Crippen molar-refractivity contribution in [3.63, 3.8) is 0 Å². The van der Waals surface area contributed by atoms with E-state index in [4.69, 9.17) is 10.5 Å². The van der Waals surface area contributed by atoms with E-state index in [0.29, 0.717) is 12.3 Å². The van der Waals surface area contributed by atoms with Gasteiger partial charge in [-0.15, -0.1) is 0 Å². The molecule has 0 aliphatic heterocycles. The van der Waals surface area contributed by atoms with Gasteiger partial charge in [0.05, 0.1) is 7.11 Å². The summed E-state index contributed by atoms with van der Waals surface area (Å²) in [7, 11) is 1.52. The summed E-state index contributed by atoms with van der Waals surface area (Å²) in [6, 6.07) is 5.19. The Balaban J connectivity index is 3.05. The van der Waals surface area contributed by atoms with E-state index in [1.807, 2.05) is 12.1 Å². The number of hydrogen-bond donors (Lipinski definition) is 2. The number of nitrogens with two attached hydrogens (primary N) is 1. The molecule has 13 heavy (non-hydrogen) atoms. The van der Waals surface area contributed by atoms with E-state index in [2.05, 4.69) is 0 Å². The Kier molecular flexibility index (Phi) is 3.34. The maximum absolute atomic E-state index is 9.40. The molecule has 0 atom stereocenters. The van der Waals surface area contributed by atoms with Crippen LogP contribution in [0, 0.1) is 0 Å². The summed E-state index contributed by atoms with van der Waals surface area (Å²) in [4.78, 5) is 0. The number of phenolic OH excluding ortho intramolecular Hbond substituents is 1. The number of ether oxygens (including phenoxy) is 1. The van der Waals surface area contributed by atoms with Crippen LogP contribution >= 0.6 is 0 Å². The van der Waals surface area contributed by atoms with E-state index in [1.54, 1.807) is 18.2 Å². The Hall–Kier alpha value is -1.48. The molecule has 0 saturated carbocycles. The Bertz CT molecular complexity index is 308. The molecule has 3 nitrogen and oxygen atoms in total. The van der Waals surface area contributed by atoms with E-state index in [-0.39, 0.29) is 5.75 Å². The fourth-order valence-electron chi connectivity index (χ4n) is 1.09. The molecule has 0 aromatic heterocycles. The minimum atomic E-state index is 0.140. The van der Waals surface area contributed by atoms with Crippen molar-refractivity contribution in [2.75, 3.05) is 13.7 Å². The lowest BCUT2D eigenvalue weighted by atomic mass is 10.1. The van der Waals surface area contributed by atoms with Gasteiger partial charge in [-0.2, -0.15) is 0 Å². The van der Waals surface area contributed by atoms with Gasteiger partial charge in [-0.25, -0.2) is 0 Å². The molecule has 0 radical (unpaired) electrons. The predicted molar refractivity (Wildman–Crippen MR) is 52.7 cm³/mol. The van der Waals surface area contributed by atoms with Crippen LogP contribution in [-0.2, 0) is 0 Å². The topological polar surface area (TPSA) is 55.5 Å². The summed E-state index contributed by atoms with van der Waals surface area (Å²) < 4.78 is 5.03. The first-order valence-electron chi connectivity index (χ1n) is 4.02. The van der Waals surface area contributed by atoms with Gasteiger partial charge < -0.3 is 15.6 Å². The third-order valence-electron chi connectivity index (χ3n) is 1.66. The zero-order valence-electron chi connectivity index (χ0n) is 7.53. The molecule has 70 valence electrons. The first-order chi connectivity index (χ1) is 6.29. The fraction of sp³-hybridized carbons (Fsp3) is 0.200. The maximum atomic E-state index is 9.40. The highest BCUT2D eigenvalue weighted by Crippen LogP contribution is 2.30. The summed E-state index contributed by atoms with van der Waals surface area (Å²) in [6.45, 7) is 0.471. The van der Waals surface area contributed by atoms with Crippen LogP contribution in [0.1, 0.15) is 5.56 Å². The van der Waals surface area contributed by atoms with Crippen LogP contribution in [0.15, 0.2) is 24.3 Å². The van der Waals surface area contributed by atoms with Crippen LogP contribution in [0.3, 0.4) is 0 Å². The van der Waals surface area contributed by atoms with Crippen LogP contribution in [0.5, 0.6) is 11.5 Å². The second kappa shape index (κ2) is 4.52. The summed E-state index contributed by atoms with van der Waals surface area (Å²) in [5.74, 6) is 0.619. The van der Waals surface area contributed by atoms with Gasteiger partial charge in [-0.1, -0.05) is 24.3 Å². The van der Waals surface area contributed by atoms with Crippen molar-refractivity contribution in [2.24, 2.45) is 5.73 Å². The lowest BCUT2D eigenvalue weighted by Crippen LogP contribution is -1.93. The normalized spacial score (nSPS) is 10.6. The first-order valence-corrected chi connectivity index (χ1v) is 4.02. The molecule has 0 unspecified atom stereocenters. The molecule has 0 amide bonds. The van der Waals surface area contributed by atoms with E-state index in [1.165, 1.54) is 7.11 Å². The van der Waals surface area contributed by atoms with Crippen molar-refractivity contribution in [1.29, 1.82) is 0 Å². The SMILES string of the molecule is COc1c(O)cccc1/C=C/CN. The standard InChI is InChI=1S/C10H13NO2/c1-13-10-8(5-3-7-11)4-2-6-9(10)12/h2-6,12H,7,11H2,1H3/b5-3+. The smallest absolute Gasteiger partial charge is 0.167 e. The molecular weight excluding hydrogens is 166 g/mol. The molecule has 3 N–H and O–H groups in total. The van der Waals surface area contributed by atoms with Crippen LogP contribution < -0.4 is 10.5 Å². The lowest BCUT2D eigenvalue weighted by molar-refractivity contribution is 0.372. The number of methoxy groups -OCH3 is 1.